The fourth-order valence-corrected chi connectivity index (χ4v) is 3.30. The Morgan fingerprint density at radius 3 is 3.00 bits per heavy atom. The average molecular weight is 332 g/mol. The van der Waals surface area contributed by atoms with Gasteiger partial charge >= 0.3 is 0 Å². The molecule has 6 nitrogen and oxygen atoms in total. The fraction of sp³-hybridized carbons (Fsp3) is 0.500. The van der Waals surface area contributed by atoms with Crippen LogP contribution >= 0.6 is 11.8 Å². The largest absolute Gasteiger partial charge is 0.337 e. The third kappa shape index (κ3) is 3.10. The van der Waals surface area contributed by atoms with Crippen LogP contribution in [0.2, 0.25) is 0 Å². The Morgan fingerprint density at radius 2 is 2.30 bits per heavy atom. The van der Waals surface area contributed by atoms with E-state index in [0.717, 1.165) is 17.9 Å². The Labute approximate surface area is 139 Å². The van der Waals surface area contributed by atoms with E-state index in [0.29, 0.717) is 23.8 Å². The Balaban J connectivity index is 1.87. The highest BCUT2D eigenvalue weighted by Gasteiger charge is 2.35. The van der Waals surface area contributed by atoms with Crippen molar-refractivity contribution < 1.29 is 9.32 Å². The van der Waals surface area contributed by atoms with Gasteiger partial charge in [0.1, 0.15) is 11.1 Å². The van der Waals surface area contributed by atoms with Gasteiger partial charge in [-0.2, -0.15) is 4.98 Å². The molecule has 0 saturated carbocycles. The number of pyridine rings is 1. The highest BCUT2D eigenvalue weighted by molar-refractivity contribution is 7.98. The number of carbonyl (C=O) groups excluding carboxylic acids is 1. The summed E-state index contributed by atoms with van der Waals surface area (Å²) in [5, 5.41) is 4.77. The van der Waals surface area contributed by atoms with Crippen LogP contribution < -0.4 is 0 Å². The van der Waals surface area contributed by atoms with Gasteiger partial charge in [-0.25, -0.2) is 4.98 Å². The monoisotopic (exact) mass is 332 g/mol. The number of aromatic nitrogens is 3. The molecule has 7 heteroatoms. The standard InChI is InChI=1S/C16H20N4O2S/c1-10(2)13-18-14(22-19-13)12-7-5-9-20(12)16(21)11-6-4-8-17-15(11)23-3/h4,6,8,10,12H,5,7,9H2,1-3H3/t12-/m1/s1. The summed E-state index contributed by atoms with van der Waals surface area (Å²) in [5.74, 6) is 1.41. The van der Waals surface area contributed by atoms with Gasteiger partial charge < -0.3 is 9.42 Å². The topological polar surface area (TPSA) is 72.1 Å². The molecule has 2 aromatic heterocycles. The van der Waals surface area contributed by atoms with E-state index in [9.17, 15) is 4.79 Å². The van der Waals surface area contributed by atoms with Crippen molar-refractivity contribution in [1.29, 1.82) is 0 Å². The lowest BCUT2D eigenvalue weighted by Gasteiger charge is -2.22. The number of amides is 1. The van der Waals surface area contributed by atoms with Gasteiger partial charge in [-0.15, -0.1) is 11.8 Å². The van der Waals surface area contributed by atoms with Crippen LogP contribution in [0.4, 0.5) is 0 Å². The van der Waals surface area contributed by atoms with Crippen LogP contribution in [0.25, 0.3) is 0 Å². The van der Waals surface area contributed by atoms with Crippen molar-refractivity contribution in [3.8, 4) is 0 Å². The van der Waals surface area contributed by atoms with Crippen molar-refractivity contribution in [2.75, 3.05) is 12.8 Å². The van der Waals surface area contributed by atoms with E-state index in [4.69, 9.17) is 4.52 Å². The molecule has 1 amide bonds. The molecule has 2 aromatic rings. The Kier molecular flexibility index (Phi) is 4.66. The summed E-state index contributed by atoms with van der Waals surface area (Å²) < 4.78 is 5.41. The summed E-state index contributed by atoms with van der Waals surface area (Å²) >= 11 is 1.48. The number of thioether (sulfide) groups is 1. The predicted octanol–water partition coefficient (Wildman–Crippen LogP) is 3.29. The maximum atomic E-state index is 12.9. The van der Waals surface area contributed by atoms with Crippen LogP contribution in [-0.2, 0) is 0 Å². The van der Waals surface area contributed by atoms with Gasteiger partial charge in [-0.05, 0) is 31.2 Å². The van der Waals surface area contributed by atoms with Gasteiger partial charge in [-0.3, -0.25) is 4.79 Å². The number of hydrogen-bond acceptors (Lipinski definition) is 6. The fourth-order valence-electron chi connectivity index (χ4n) is 2.75. The van der Waals surface area contributed by atoms with E-state index in [2.05, 4.69) is 15.1 Å². The second-order valence-electron chi connectivity index (χ2n) is 5.86. The van der Waals surface area contributed by atoms with Crippen molar-refractivity contribution in [3.05, 3.63) is 35.6 Å². The number of rotatable bonds is 4. The van der Waals surface area contributed by atoms with Crippen LogP contribution in [0.15, 0.2) is 27.9 Å². The second-order valence-corrected chi connectivity index (χ2v) is 6.66. The molecule has 0 aliphatic carbocycles. The quantitative estimate of drug-likeness (QED) is 0.800. The zero-order chi connectivity index (χ0) is 16.4. The molecular weight excluding hydrogens is 312 g/mol. The van der Waals surface area contributed by atoms with Gasteiger partial charge in [0, 0.05) is 18.7 Å². The summed E-state index contributed by atoms with van der Waals surface area (Å²) in [6, 6.07) is 3.48. The molecule has 1 atom stereocenters. The van der Waals surface area contributed by atoms with Crippen molar-refractivity contribution in [3.63, 3.8) is 0 Å². The highest BCUT2D eigenvalue weighted by atomic mass is 32.2. The van der Waals surface area contributed by atoms with Crippen LogP contribution in [0, 0.1) is 0 Å². The third-order valence-electron chi connectivity index (χ3n) is 3.97. The number of likely N-dealkylation sites (tertiary alicyclic amines) is 1. The Morgan fingerprint density at radius 1 is 1.48 bits per heavy atom. The number of carbonyl (C=O) groups is 1. The molecule has 3 heterocycles. The average Bonchev–Trinajstić information content (AvgIpc) is 3.22. The zero-order valence-corrected chi connectivity index (χ0v) is 14.3. The minimum Gasteiger partial charge on any atom is -0.337 e. The predicted molar refractivity (Wildman–Crippen MR) is 87.4 cm³/mol. The van der Waals surface area contributed by atoms with E-state index in [-0.39, 0.29) is 17.9 Å². The van der Waals surface area contributed by atoms with Gasteiger partial charge in [0.2, 0.25) is 5.89 Å². The molecule has 0 unspecified atom stereocenters. The maximum absolute atomic E-state index is 12.9. The van der Waals surface area contributed by atoms with E-state index in [1.807, 2.05) is 31.1 Å². The van der Waals surface area contributed by atoms with Gasteiger partial charge in [0.05, 0.1) is 5.56 Å². The first-order valence-electron chi connectivity index (χ1n) is 7.75. The second kappa shape index (κ2) is 6.70. The van der Waals surface area contributed by atoms with Crippen molar-refractivity contribution in [2.45, 2.75) is 43.7 Å². The summed E-state index contributed by atoms with van der Waals surface area (Å²) in [6.45, 7) is 4.74. The lowest BCUT2D eigenvalue weighted by Crippen LogP contribution is -2.31. The summed E-state index contributed by atoms with van der Waals surface area (Å²) in [4.78, 5) is 23.5. The summed E-state index contributed by atoms with van der Waals surface area (Å²) in [6.07, 6.45) is 5.41. The molecule has 1 aliphatic rings. The molecule has 0 bridgehead atoms. The third-order valence-corrected chi connectivity index (χ3v) is 4.68. The highest BCUT2D eigenvalue weighted by Crippen LogP contribution is 2.33. The molecular formula is C16H20N4O2S. The molecule has 0 radical (unpaired) electrons. The van der Waals surface area contributed by atoms with E-state index in [1.165, 1.54) is 11.8 Å². The zero-order valence-electron chi connectivity index (χ0n) is 13.5. The van der Waals surface area contributed by atoms with E-state index < -0.39 is 0 Å². The molecule has 122 valence electrons. The van der Waals surface area contributed by atoms with Crippen LogP contribution in [0.3, 0.4) is 0 Å². The minimum atomic E-state index is -0.141. The van der Waals surface area contributed by atoms with Crippen molar-refractivity contribution >= 4 is 17.7 Å². The SMILES string of the molecule is CSc1ncccc1C(=O)N1CCC[C@@H]1c1nc(C(C)C)no1. The van der Waals surface area contributed by atoms with E-state index >= 15 is 0 Å². The summed E-state index contributed by atoms with van der Waals surface area (Å²) in [7, 11) is 0. The first-order valence-corrected chi connectivity index (χ1v) is 8.97. The Bertz CT molecular complexity index is 701. The molecule has 3 rings (SSSR count). The van der Waals surface area contributed by atoms with Crippen molar-refractivity contribution in [2.24, 2.45) is 0 Å². The number of hydrogen-bond donors (Lipinski definition) is 0. The van der Waals surface area contributed by atoms with Crippen LogP contribution in [-0.4, -0.2) is 38.7 Å². The molecule has 0 N–H and O–H groups in total. The van der Waals surface area contributed by atoms with Gasteiger partial charge in [0.25, 0.3) is 5.91 Å². The first-order chi connectivity index (χ1) is 11.1. The summed E-state index contributed by atoms with van der Waals surface area (Å²) in [5.41, 5.74) is 0.635. The maximum Gasteiger partial charge on any atom is 0.257 e. The molecule has 1 saturated heterocycles. The molecule has 1 aliphatic heterocycles. The molecule has 1 fully saturated rings. The smallest absolute Gasteiger partial charge is 0.257 e. The van der Waals surface area contributed by atoms with Crippen LogP contribution in [0.1, 0.15) is 60.7 Å². The lowest BCUT2D eigenvalue weighted by molar-refractivity contribution is 0.0705. The molecule has 23 heavy (non-hydrogen) atoms. The van der Waals surface area contributed by atoms with Gasteiger partial charge in [-0.1, -0.05) is 19.0 Å². The molecule has 0 spiro atoms. The first kappa shape index (κ1) is 16.0. The lowest BCUT2D eigenvalue weighted by atomic mass is 10.2. The van der Waals surface area contributed by atoms with E-state index in [1.54, 1.807) is 12.3 Å². The minimum absolute atomic E-state index is 0.0192. The van der Waals surface area contributed by atoms with Gasteiger partial charge in [0.15, 0.2) is 5.82 Å². The van der Waals surface area contributed by atoms with Crippen LogP contribution in [0.5, 0.6) is 0 Å². The normalized spacial score (nSPS) is 17.9. The van der Waals surface area contributed by atoms with Crippen molar-refractivity contribution in [1.82, 2.24) is 20.0 Å². The Hall–Kier alpha value is -1.89. The molecule has 0 aromatic carbocycles. The number of nitrogens with zero attached hydrogens (tertiary/aromatic N) is 4.